The van der Waals surface area contributed by atoms with Crippen molar-refractivity contribution in [1.82, 2.24) is 4.98 Å². The first kappa shape index (κ1) is 29.0. The Hall–Kier alpha value is -4.61. The van der Waals surface area contributed by atoms with Gasteiger partial charge in [0.2, 0.25) is 0 Å². The maximum Gasteiger partial charge on any atom is 0.418 e. The van der Waals surface area contributed by atoms with Gasteiger partial charge in [-0.15, -0.1) is 10.2 Å². The summed E-state index contributed by atoms with van der Waals surface area (Å²) in [6, 6.07) is 13.4. The van der Waals surface area contributed by atoms with Crippen LogP contribution in [-0.2, 0) is 17.5 Å². The van der Waals surface area contributed by atoms with Crippen LogP contribution in [0.4, 0.5) is 41.9 Å². The SMILES string of the molecule is Cc1c(C#N)c(NCCOCCO)nc(NCc2ccccc2)c1N=Nc1ccc([N+](=O)[O-])cc1C(F)(F)F. The lowest BCUT2D eigenvalue weighted by Gasteiger charge is -2.16. The first-order valence-electron chi connectivity index (χ1n) is 11.6. The normalized spacial score (nSPS) is 11.4. The Kier molecular flexibility index (Phi) is 9.85. The lowest BCUT2D eigenvalue weighted by Crippen LogP contribution is -2.14. The predicted octanol–water partition coefficient (Wildman–Crippen LogP) is 5.64. The van der Waals surface area contributed by atoms with Crippen LogP contribution in [0.2, 0.25) is 0 Å². The van der Waals surface area contributed by atoms with Crippen molar-refractivity contribution in [3.8, 4) is 6.07 Å². The number of ether oxygens (including phenoxy) is 1. The van der Waals surface area contributed by atoms with Gasteiger partial charge in [0.1, 0.15) is 17.6 Å². The van der Waals surface area contributed by atoms with Gasteiger partial charge in [0.25, 0.3) is 5.69 Å². The number of non-ortho nitro benzene ring substituents is 1. The van der Waals surface area contributed by atoms with Gasteiger partial charge < -0.3 is 20.5 Å². The summed E-state index contributed by atoms with van der Waals surface area (Å²) in [6.07, 6.45) is -4.92. The Morgan fingerprint density at radius 1 is 1.13 bits per heavy atom. The van der Waals surface area contributed by atoms with E-state index in [9.17, 15) is 28.5 Å². The number of hydrogen-bond donors (Lipinski definition) is 3. The molecular weight excluding hydrogens is 519 g/mol. The third-order valence-electron chi connectivity index (χ3n) is 5.36. The van der Waals surface area contributed by atoms with E-state index in [0.717, 1.165) is 17.7 Å². The Labute approximate surface area is 221 Å². The Bertz CT molecular complexity index is 1380. The highest BCUT2D eigenvalue weighted by molar-refractivity contribution is 5.74. The van der Waals surface area contributed by atoms with Crippen molar-refractivity contribution in [3.63, 3.8) is 0 Å². The van der Waals surface area contributed by atoms with E-state index in [0.29, 0.717) is 11.6 Å². The molecule has 0 amide bonds. The van der Waals surface area contributed by atoms with Crippen LogP contribution in [-0.4, -0.2) is 41.4 Å². The van der Waals surface area contributed by atoms with Crippen molar-refractivity contribution in [1.29, 1.82) is 5.26 Å². The molecule has 0 bridgehead atoms. The molecule has 1 heterocycles. The topological polar surface area (TPSA) is 158 Å². The Morgan fingerprint density at radius 2 is 1.87 bits per heavy atom. The number of azo groups is 1. The summed E-state index contributed by atoms with van der Waals surface area (Å²) in [5, 5.41) is 43.4. The summed E-state index contributed by atoms with van der Waals surface area (Å²) in [4.78, 5) is 14.5. The number of aromatic nitrogens is 1. The van der Waals surface area contributed by atoms with Gasteiger partial charge in [-0.1, -0.05) is 30.3 Å². The van der Waals surface area contributed by atoms with Crippen LogP contribution in [0.15, 0.2) is 58.8 Å². The monoisotopic (exact) mass is 543 g/mol. The van der Waals surface area contributed by atoms with Gasteiger partial charge in [-0.25, -0.2) is 4.98 Å². The van der Waals surface area contributed by atoms with Crippen molar-refractivity contribution in [2.75, 3.05) is 37.0 Å². The molecule has 14 heteroatoms. The van der Waals surface area contributed by atoms with Gasteiger partial charge in [0.15, 0.2) is 5.82 Å². The van der Waals surface area contributed by atoms with Crippen LogP contribution in [0.1, 0.15) is 22.3 Å². The summed E-state index contributed by atoms with van der Waals surface area (Å²) in [5.74, 6) is 0.344. The van der Waals surface area contributed by atoms with E-state index in [-0.39, 0.29) is 55.8 Å². The number of nitrogens with zero attached hydrogens (tertiary/aromatic N) is 5. The fourth-order valence-corrected chi connectivity index (χ4v) is 3.45. The van der Waals surface area contributed by atoms with E-state index in [4.69, 9.17) is 9.84 Å². The zero-order valence-corrected chi connectivity index (χ0v) is 20.7. The standard InChI is InChI=1S/C25H24F3N7O4/c1-16-19(14-29)23(30-9-11-39-12-10-36)32-24(31-15-17-5-3-2-4-6-17)22(16)34-33-21-8-7-18(35(37)38)13-20(21)25(26,27)28/h2-8,13,36H,9-12,15H2,1H3,(H2,30,31,32). The van der Waals surface area contributed by atoms with Crippen molar-refractivity contribution in [2.24, 2.45) is 10.2 Å². The third-order valence-corrected chi connectivity index (χ3v) is 5.36. The van der Waals surface area contributed by atoms with Gasteiger partial charge in [-0.05, 0) is 18.6 Å². The molecule has 204 valence electrons. The molecule has 0 spiro atoms. The van der Waals surface area contributed by atoms with Gasteiger partial charge in [-0.2, -0.15) is 18.4 Å². The summed E-state index contributed by atoms with van der Waals surface area (Å²) in [6.45, 7) is 2.32. The molecule has 0 atom stereocenters. The molecule has 0 saturated carbocycles. The lowest BCUT2D eigenvalue weighted by molar-refractivity contribution is -0.385. The van der Waals surface area contributed by atoms with Gasteiger partial charge >= 0.3 is 6.18 Å². The number of aliphatic hydroxyl groups is 1. The zero-order valence-electron chi connectivity index (χ0n) is 20.7. The van der Waals surface area contributed by atoms with Crippen molar-refractivity contribution < 1.29 is 27.9 Å². The predicted molar refractivity (Wildman–Crippen MR) is 136 cm³/mol. The van der Waals surface area contributed by atoms with Crippen LogP contribution in [0.5, 0.6) is 0 Å². The van der Waals surface area contributed by atoms with Crippen LogP contribution < -0.4 is 10.6 Å². The average Bonchev–Trinajstić information content (AvgIpc) is 2.91. The van der Waals surface area contributed by atoms with Gasteiger partial charge in [0, 0.05) is 30.8 Å². The molecule has 0 fully saturated rings. The number of rotatable bonds is 12. The molecule has 3 N–H and O–H groups in total. The van der Waals surface area contributed by atoms with Crippen molar-refractivity contribution in [3.05, 3.63) is 80.9 Å². The molecule has 0 aliphatic rings. The largest absolute Gasteiger partial charge is 0.418 e. The first-order valence-corrected chi connectivity index (χ1v) is 11.6. The molecule has 11 nitrogen and oxygen atoms in total. The van der Waals surface area contributed by atoms with E-state index < -0.39 is 28.0 Å². The highest BCUT2D eigenvalue weighted by atomic mass is 19.4. The second-order valence-electron chi connectivity index (χ2n) is 8.03. The summed E-state index contributed by atoms with van der Waals surface area (Å²) in [5.41, 5.74) is -1.41. The van der Waals surface area contributed by atoms with Crippen LogP contribution >= 0.6 is 0 Å². The van der Waals surface area contributed by atoms with Crippen molar-refractivity contribution in [2.45, 2.75) is 19.6 Å². The first-order chi connectivity index (χ1) is 18.7. The fourth-order valence-electron chi connectivity index (χ4n) is 3.45. The number of alkyl halides is 3. The number of halogens is 3. The average molecular weight is 544 g/mol. The molecule has 39 heavy (non-hydrogen) atoms. The van der Waals surface area contributed by atoms with E-state index in [1.54, 1.807) is 6.92 Å². The molecule has 0 aliphatic carbocycles. The maximum atomic E-state index is 13.6. The number of nitriles is 1. The quantitative estimate of drug-likeness (QED) is 0.115. The van der Waals surface area contributed by atoms with Crippen LogP contribution in [0.3, 0.4) is 0 Å². The Morgan fingerprint density at radius 3 is 2.51 bits per heavy atom. The maximum absolute atomic E-state index is 13.6. The van der Waals surface area contributed by atoms with Gasteiger partial charge in [0.05, 0.1) is 41.6 Å². The van der Waals surface area contributed by atoms with Gasteiger partial charge in [-0.3, -0.25) is 10.1 Å². The second kappa shape index (κ2) is 13.3. The summed E-state index contributed by atoms with van der Waals surface area (Å²) < 4.78 is 46.1. The number of nitro groups is 1. The summed E-state index contributed by atoms with van der Waals surface area (Å²) in [7, 11) is 0. The van der Waals surface area contributed by atoms with Crippen LogP contribution in [0.25, 0.3) is 0 Å². The van der Waals surface area contributed by atoms with E-state index in [1.165, 1.54) is 0 Å². The minimum absolute atomic E-state index is 0.0241. The number of hydrogen-bond acceptors (Lipinski definition) is 10. The molecule has 3 aromatic rings. The molecular formula is C25H24F3N7O4. The number of pyridine rings is 1. The lowest BCUT2D eigenvalue weighted by atomic mass is 10.1. The molecule has 0 saturated heterocycles. The summed E-state index contributed by atoms with van der Waals surface area (Å²) >= 11 is 0. The molecule has 3 rings (SSSR count). The zero-order chi connectivity index (χ0) is 28.4. The number of nitrogens with one attached hydrogen (secondary N) is 2. The van der Waals surface area contributed by atoms with Crippen molar-refractivity contribution >= 4 is 28.7 Å². The van der Waals surface area contributed by atoms with E-state index in [2.05, 4.69) is 25.8 Å². The number of nitro benzene ring substituents is 1. The minimum Gasteiger partial charge on any atom is -0.394 e. The smallest absolute Gasteiger partial charge is 0.394 e. The van der Waals surface area contributed by atoms with Crippen LogP contribution in [0, 0.1) is 28.4 Å². The van der Waals surface area contributed by atoms with E-state index in [1.807, 2.05) is 36.4 Å². The fraction of sp³-hybridized carbons (Fsp3) is 0.280. The molecule has 0 radical (unpaired) electrons. The second-order valence-corrected chi connectivity index (χ2v) is 8.03. The third kappa shape index (κ3) is 7.69. The highest BCUT2D eigenvalue weighted by Crippen LogP contribution is 2.40. The molecule has 1 aromatic heterocycles. The highest BCUT2D eigenvalue weighted by Gasteiger charge is 2.35. The van der Waals surface area contributed by atoms with E-state index >= 15 is 0 Å². The number of anilines is 2. The number of aliphatic hydroxyl groups excluding tert-OH is 1. The Balaban J connectivity index is 2.04. The molecule has 0 aliphatic heterocycles. The minimum atomic E-state index is -4.92. The number of benzene rings is 2. The molecule has 0 unspecified atom stereocenters. The molecule has 2 aromatic carbocycles.